The van der Waals surface area contributed by atoms with Crippen LogP contribution in [0.1, 0.15) is 27.0 Å². The van der Waals surface area contributed by atoms with Crippen LogP contribution in [0.25, 0.3) is 10.9 Å². The summed E-state index contributed by atoms with van der Waals surface area (Å²) >= 11 is 6.11. The van der Waals surface area contributed by atoms with Crippen molar-refractivity contribution in [1.82, 2.24) is 9.55 Å². The van der Waals surface area contributed by atoms with Gasteiger partial charge < -0.3 is 9.88 Å². The highest BCUT2D eigenvalue weighted by molar-refractivity contribution is 6.31. The van der Waals surface area contributed by atoms with E-state index in [9.17, 15) is 14.4 Å². The lowest BCUT2D eigenvalue weighted by molar-refractivity contribution is -0.116. The van der Waals surface area contributed by atoms with Gasteiger partial charge in [-0.2, -0.15) is 0 Å². The summed E-state index contributed by atoms with van der Waals surface area (Å²) in [5.74, 6) is -0.724. The van der Waals surface area contributed by atoms with E-state index >= 15 is 0 Å². The van der Waals surface area contributed by atoms with Gasteiger partial charge in [-0.3, -0.25) is 19.4 Å². The molecule has 0 atom stereocenters. The number of nitrogens with zero attached hydrogens (tertiary/aromatic N) is 2. The minimum atomic E-state index is -0.442. The minimum absolute atomic E-state index is 0.0371. The Morgan fingerprint density at radius 3 is 2.47 bits per heavy atom. The number of carbonyl (C=O) groups excluding carboxylic acids is 2. The highest BCUT2D eigenvalue weighted by atomic mass is 35.5. The van der Waals surface area contributed by atoms with E-state index in [-0.39, 0.29) is 23.4 Å². The molecule has 0 spiro atoms. The van der Waals surface area contributed by atoms with Crippen LogP contribution in [0, 0.1) is 13.8 Å². The smallest absolute Gasteiger partial charge is 0.244 e. The zero-order chi connectivity index (χ0) is 22.8. The van der Waals surface area contributed by atoms with E-state index in [4.69, 9.17) is 11.6 Å². The Morgan fingerprint density at radius 1 is 1.00 bits per heavy atom. The summed E-state index contributed by atoms with van der Waals surface area (Å²) in [6.45, 7) is 3.89. The Labute approximate surface area is 189 Å². The molecule has 0 aliphatic carbocycles. The number of aromatic nitrogens is 2. The molecule has 0 aliphatic rings. The third-order valence-corrected chi connectivity index (χ3v) is 5.57. The molecule has 2 aromatic heterocycles. The van der Waals surface area contributed by atoms with E-state index in [0.29, 0.717) is 21.8 Å². The van der Waals surface area contributed by atoms with Crippen molar-refractivity contribution in [1.29, 1.82) is 0 Å². The predicted molar refractivity (Wildman–Crippen MR) is 125 cm³/mol. The minimum Gasteiger partial charge on any atom is -0.337 e. The van der Waals surface area contributed by atoms with E-state index in [1.807, 2.05) is 32.0 Å². The van der Waals surface area contributed by atoms with Crippen LogP contribution in [0.5, 0.6) is 0 Å². The van der Waals surface area contributed by atoms with Gasteiger partial charge in [0, 0.05) is 40.3 Å². The fourth-order valence-corrected chi connectivity index (χ4v) is 3.67. The zero-order valence-electron chi connectivity index (χ0n) is 17.6. The molecule has 0 radical (unpaired) electrons. The molecule has 160 valence electrons. The number of halogens is 1. The Morgan fingerprint density at radius 2 is 1.75 bits per heavy atom. The standard InChI is InChI=1S/C25H20ClN3O3/c1-15-3-5-19(11-16(15)2)28-23(30)14-29-13-21(24(31)17-7-9-27-10-8-17)25(32)20-12-18(26)4-6-22(20)29/h3-13H,14H2,1-2H3,(H,28,30). The molecule has 7 heteroatoms. The lowest BCUT2D eigenvalue weighted by atomic mass is 10.0. The van der Waals surface area contributed by atoms with Gasteiger partial charge >= 0.3 is 0 Å². The number of pyridine rings is 2. The van der Waals surface area contributed by atoms with E-state index in [2.05, 4.69) is 10.3 Å². The highest BCUT2D eigenvalue weighted by Gasteiger charge is 2.18. The molecule has 32 heavy (non-hydrogen) atoms. The first-order chi connectivity index (χ1) is 15.3. The van der Waals surface area contributed by atoms with Crippen LogP contribution in [0.2, 0.25) is 5.02 Å². The molecule has 1 N–H and O–H groups in total. The quantitative estimate of drug-likeness (QED) is 0.457. The highest BCUT2D eigenvalue weighted by Crippen LogP contribution is 2.20. The summed E-state index contributed by atoms with van der Waals surface area (Å²) < 4.78 is 1.60. The Hall–Kier alpha value is -3.77. The topological polar surface area (TPSA) is 81.1 Å². The van der Waals surface area contributed by atoms with Crippen LogP contribution < -0.4 is 10.7 Å². The first-order valence-electron chi connectivity index (χ1n) is 9.98. The second kappa shape index (κ2) is 8.77. The van der Waals surface area contributed by atoms with Crippen LogP contribution in [-0.4, -0.2) is 21.2 Å². The monoisotopic (exact) mass is 445 g/mol. The SMILES string of the molecule is Cc1ccc(NC(=O)Cn2cc(C(=O)c3ccncc3)c(=O)c3cc(Cl)ccc32)cc1C. The van der Waals surface area contributed by atoms with Crippen molar-refractivity contribution in [3.63, 3.8) is 0 Å². The summed E-state index contributed by atoms with van der Waals surface area (Å²) in [4.78, 5) is 42.8. The molecule has 2 aromatic carbocycles. The van der Waals surface area contributed by atoms with Crippen LogP contribution in [0.4, 0.5) is 5.69 Å². The molecule has 4 rings (SSSR count). The number of carbonyl (C=O) groups is 2. The van der Waals surface area contributed by atoms with E-state index in [1.165, 1.54) is 24.7 Å². The maximum atomic E-state index is 13.1. The van der Waals surface area contributed by atoms with Crippen LogP contribution in [0.3, 0.4) is 0 Å². The van der Waals surface area contributed by atoms with Crippen molar-refractivity contribution in [2.45, 2.75) is 20.4 Å². The number of amides is 1. The van der Waals surface area contributed by atoms with Gasteiger partial charge in [0.1, 0.15) is 6.54 Å². The summed E-state index contributed by atoms with van der Waals surface area (Å²) in [6.07, 6.45) is 4.41. The van der Waals surface area contributed by atoms with Crippen LogP contribution >= 0.6 is 11.6 Å². The third-order valence-electron chi connectivity index (χ3n) is 5.33. The zero-order valence-corrected chi connectivity index (χ0v) is 18.3. The molecule has 0 fully saturated rings. The largest absolute Gasteiger partial charge is 0.337 e. The lowest BCUT2D eigenvalue weighted by Gasteiger charge is -2.14. The second-order valence-electron chi connectivity index (χ2n) is 7.57. The molecule has 0 saturated heterocycles. The number of hydrogen-bond acceptors (Lipinski definition) is 4. The summed E-state index contributed by atoms with van der Waals surface area (Å²) in [5, 5.41) is 3.52. The summed E-state index contributed by atoms with van der Waals surface area (Å²) in [7, 11) is 0. The van der Waals surface area contributed by atoms with Crippen LogP contribution in [0.15, 0.2) is 71.9 Å². The molecule has 1 amide bonds. The molecule has 6 nitrogen and oxygen atoms in total. The number of rotatable bonds is 5. The first kappa shape index (κ1) is 21.5. The maximum absolute atomic E-state index is 13.1. The van der Waals surface area contributed by atoms with Gasteiger partial charge in [0.2, 0.25) is 11.3 Å². The normalized spacial score (nSPS) is 10.8. The van der Waals surface area contributed by atoms with Gasteiger partial charge in [0.15, 0.2) is 5.78 Å². The van der Waals surface area contributed by atoms with Gasteiger partial charge in [-0.25, -0.2) is 0 Å². The number of nitrogens with one attached hydrogen (secondary N) is 1. The number of ketones is 1. The lowest BCUT2D eigenvalue weighted by Crippen LogP contribution is -2.24. The Bertz CT molecular complexity index is 1410. The van der Waals surface area contributed by atoms with Crippen molar-refractivity contribution in [2.75, 3.05) is 5.32 Å². The second-order valence-corrected chi connectivity index (χ2v) is 8.01. The van der Waals surface area contributed by atoms with Crippen molar-refractivity contribution in [2.24, 2.45) is 0 Å². The molecule has 0 bridgehead atoms. The number of benzene rings is 2. The van der Waals surface area contributed by atoms with Crippen molar-refractivity contribution >= 4 is 39.9 Å². The van der Waals surface area contributed by atoms with Crippen LogP contribution in [-0.2, 0) is 11.3 Å². The first-order valence-corrected chi connectivity index (χ1v) is 10.4. The van der Waals surface area contributed by atoms with Gasteiger partial charge in [-0.15, -0.1) is 0 Å². The molecule has 0 aliphatic heterocycles. The summed E-state index contributed by atoms with van der Waals surface area (Å²) in [6, 6.07) is 13.6. The number of fused-ring (bicyclic) bond motifs is 1. The third kappa shape index (κ3) is 4.31. The Kier molecular flexibility index (Phi) is 5.88. The number of hydrogen-bond donors (Lipinski definition) is 1. The molecule has 4 aromatic rings. The van der Waals surface area contributed by atoms with Gasteiger partial charge in [-0.05, 0) is 67.4 Å². The predicted octanol–water partition coefficient (Wildman–Crippen LogP) is 4.54. The van der Waals surface area contributed by atoms with Gasteiger partial charge in [0.05, 0.1) is 11.1 Å². The summed E-state index contributed by atoms with van der Waals surface area (Å²) in [5.41, 5.74) is 3.26. The Balaban J connectivity index is 1.75. The van der Waals surface area contributed by atoms with E-state index < -0.39 is 11.2 Å². The molecule has 0 unspecified atom stereocenters. The average Bonchev–Trinajstić information content (AvgIpc) is 2.78. The van der Waals surface area contributed by atoms with Crippen molar-refractivity contribution in [3.8, 4) is 0 Å². The average molecular weight is 446 g/mol. The fourth-order valence-electron chi connectivity index (χ4n) is 3.50. The van der Waals surface area contributed by atoms with Crippen molar-refractivity contribution < 1.29 is 9.59 Å². The van der Waals surface area contributed by atoms with Gasteiger partial charge in [0.25, 0.3) is 0 Å². The number of anilines is 1. The number of aryl methyl sites for hydroxylation is 2. The molecular formula is C25H20ClN3O3. The molecular weight excluding hydrogens is 426 g/mol. The fraction of sp³-hybridized carbons (Fsp3) is 0.120. The maximum Gasteiger partial charge on any atom is 0.244 e. The van der Waals surface area contributed by atoms with Gasteiger partial charge in [-0.1, -0.05) is 17.7 Å². The molecule has 2 heterocycles. The van der Waals surface area contributed by atoms with E-state index in [1.54, 1.807) is 28.8 Å². The molecule has 0 saturated carbocycles. The van der Waals surface area contributed by atoms with Crippen molar-refractivity contribution in [3.05, 3.63) is 105 Å². The van der Waals surface area contributed by atoms with E-state index in [0.717, 1.165) is 11.1 Å².